The van der Waals surface area contributed by atoms with Gasteiger partial charge in [-0.05, 0) is 52.7 Å². The molecule has 0 aliphatic carbocycles. The van der Waals surface area contributed by atoms with Crippen molar-refractivity contribution in [2.24, 2.45) is 0 Å². The summed E-state index contributed by atoms with van der Waals surface area (Å²) < 4.78 is 3.66. The first kappa shape index (κ1) is 18.0. The molecular formula is C18H25N7O. The summed E-state index contributed by atoms with van der Waals surface area (Å²) in [6.45, 7) is 10.5. The third-order valence-electron chi connectivity index (χ3n) is 4.65. The van der Waals surface area contributed by atoms with Gasteiger partial charge in [0.1, 0.15) is 6.33 Å². The molecule has 1 amide bonds. The lowest BCUT2D eigenvalue weighted by molar-refractivity contribution is -0.121. The molecular weight excluding hydrogens is 330 g/mol. The van der Waals surface area contributed by atoms with E-state index in [1.165, 1.54) is 6.33 Å². The van der Waals surface area contributed by atoms with Crippen LogP contribution in [0.1, 0.15) is 47.7 Å². The second-order valence-corrected chi connectivity index (χ2v) is 6.76. The number of fused-ring (bicyclic) bond motifs is 1. The minimum Gasteiger partial charge on any atom is -0.354 e. The zero-order chi connectivity index (χ0) is 18.8. The van der Waals surface area contributed by atoms with Crippen LogP contribution in [0.15, 0.2) is 12.4 Å². The van der Waals surface area contributed by atoms with Crippen LogP contribution < -0.4 is 5.32 Å². The maximum absolute atomic E-state index is 12.3. The van der Waals surface area contributed by atoms with Crippen molar-refractivity contribution in [1.82, 2.24) is 34.7 Å². The number of amides is 1. The maximum atomic E-state index is 12.3. The minimum atomic E-state index is 0.0240. The van der Waals surface area contributed by atoms with Gasteiger partial charge in [-0.2, -0.15) is 15.2 Å². The first-order chi connectivity index (χ1) is 12.4. The summed E-state index contributed by atoms with van der Waals surface area (Å²) in [6.07, 6.45) is 2.53. The molecule has 1 atom stereocenters. The molecule has 138 valence electrons. The predicted molar refractivity (Wildman–Crippen MR) is 98.0 cm³/mol. The average Bonchev–Trinajstić information content (AvgIpc) is 3.18. The highest BCUT2D eigenvalue weighted by atomic mass is 16.1. The molecule has 8 heteroatoms. The topological polar surface area (TPSA) is 90.0 Å². The lowest BCUT2D eigenvalue weighted by atomic mass is 10.1. The number of hydrogen-bond donors (Lipinski definition) is 1. The quantitative estimate of drug-likeness (QED) is 0.729. The van der Waals surface area contributed by atoms with Crippen LogP contribution in [0, 0.1) is 27.7 Å². The smallest absolute Gasteiger partial charge is 0.252 e. The molecule has 26 heavy (non-hydrogen) atoms. The summed E-state index contributed by atoms with van der Waals surface area (Å²) in [5, 5.41) is 11.7. The van der Waals surface area contributed by atoms with Crippen molar-refractivity contribution >= 4 is 11.7 Å². The number of carbonyl (C=O) groups excluding carboxylic acids is 1. The van der Waals surface area contributed by atoms with Gasteiger partial charge in [0.2, 0.25) is 5.91 Å². The Labute approximate surface area is 152 Å². The van der Waals surface area contributed by atoms with Crippen molar-refractivity contribution in [2.45, 2.75) is 53.5 Å². The Morgan fingerprint density at radius 1 is 1.27 bits per heavy atom. The van der Waals surface area contributed by atoms with Crippen LogP contribution in [0.2, 0.25) is 0 Å². The standard InChI is InChI=1S/C18H25N7O/c1-11-8-12(2)24(23-11)13(3)9-19-17(26)7-6-16-14(4)22-18-20-10-21-25(18)15(16)5/h8,10,13H,6-7,9H2,1-5H3,(H,19,26). The van der Waals surface area contributed by atoms with Gasteiger partial charge >= 0.3 is 0 Å². The number of rotatable bonds is 6. The Bertz CT molecular complexity index is 941. The zero-order valence-electron chi connectivity index (χ0n) is 15.9. The third-order valence-corrected chi connectivity index (χ3v) is 4.65. The first-order valence-corrected chi connectivity index (χ1v) is 8.82. The van der Waals surface area contributed by atoms with Crippen LogP contribution in [0.25, 0.3) is 5.78 Å². The molecule has 0 saturated carbocycles. The summed E-state index contributed by atoms with van der Waals surface area (Å²) in [6, 6.07) is 2.15. The Kier molecular flexibility index (Phi) is 5.01. The van der Waals surface area contributed by atoms with Crippen molar-refractivity contribution < 1.29 is 4.79 Å². The second kappa shape index (κ2) is 7.23. The molecule has 0 aliphatic rings. The molecule has 3 heterocycles. The van der Waals surface area contributed by atoms with Gasteiger partial charge in [-0.3, -0.25) is 9.48 Å². The highest BCUT2D eigenvalue weighted by molar-refractivity contribution is 5.76. The molecule has 0 aromatic carbocycles. The molecule has 1 N–H and O–H groups in total. The Morgan fingerprint density at radius 2 is 2.04 bits per heavy atom. The van der Waals surface area contributed by atoms with E-state index < -0.39 is 0 Å². The molecule has 0 aliphatic heterocycles. The third kappa shape index (κ3) is 3.58. The van der Waals surface area contributed by atoms with E-state index in [0.29, 0.717) is 25.2 Å². The molecule has 0 radical (unpaired) electrons. The van der Waals surface area contributed by atoms with Gasteiger partial charge in [-0.1, -0.05) is 0 Å². The molecule has 0 fully saturated rings. The van der Waals surface area contributed by atoms with Crippen LogP contribution in [0.3, 0.4) is 0 Å². The molecule has 0 bridgehead atoms. The number of aryl methyl sites for hydroxylation is 4. The number of aromatic nitrogens is 6. The van der Waals surface area contributed by atoms with Crippen LogP contribution in [-0.2, 0) is 11.2 Å². The first-order valence-electron chi connectivity index (χ1n) is 8.82. The summed E-state index contributed by atoms with van der Waals surface area (Å²) in [4.78, 5) is 20.8. The van der Waals surface area contributed by atoms with Crippen LogP contribution in [-0.4, -0.2) is 41.8 Å². The number of nitrogens with one attached hydrogen (secondary N) is 1. The lowest BCUT2D eigenvalue weighted by Crippen LogP contribution is -2.30. The molecule has 8 nitrogen and oxygen atoms in total. The minimum absolute atomic E-state index is 0.0240. The molecule has 0 spiro atoms. The van der Waals surface area contributed by atoms with Crippen LogP contribution >= 0.6 is 0 Å². The fourth-order valence-electron chi connectivity index (χ4n) is 3.28. The number of carbonyl (C=O) groups is 1. The van der Waals surface area contributed by atoms with Crippen molar-refractivity contribution in [1.29, 1.82) is 0 Å². The summed E-state index contributed by atoms with van der Waals surface area (Å²) in [5.41, 5.74) is 5.01. The van der Waals surface area contributed by atoms with E-state index in [1.807, 2.05) is 38.4 Å². The van der Waals surface area contributed by atoms with Gasteiger partial charge in [0.15, 0.2) is 0 Å². The Hall–Kier alpha value is -2.77. The van der Waals surface area contributed by atoms with E-state index in [4.69, 9.17) is 0 Å². The average molecular weight is 355 g/mol. The number of hydrogen-bond acceptors (Lipinski definition) is 5. The number of nitrogens with zero attached hydrogens (tertiary/aromatic N) is 6. The van der Waals surface area contributed by atoms with Gasteiger partial charge in [-0.15, -0.1) is 0 Å². The largest absolute Gasteiger partial charge is 0.354 e. The van der Waals surface area contributed by atoms with Crippen molar-refractivity contribution in [3.63, 3.8) is 0 Å². The van der Waals surface area contributed by atoms with Gasteiger partial charge in [0.25, 0.3) is 5.78 Å². The molecule has 3 rings (SSSR count). The molecule has 0 saturated heterocycles. The van der Waals surface area contributed by atoms with Crippen molar-refractivity contribution in [2.75, 3.05) is 6.54 Å². The fraction of sp³-hybridized carbons (Fsp3) is 0.500. The van der Waals surface area contributed by atoms with Crippen LogP contribution in [0.4, 0.5) is 0 Å². The predicted octanol–water partition coefficient (Wildman–Crippen LogP) is 1.86. The molecule has 1 unspecified atom stereocenters. The Balaban J connectivity index is 1.58. The van der Waals surface area contributed by atoms with E-state index in [0.717, 1.165) is 28.3 Å². The highest BCUT2D eigenvalue weighted by Gasteiger charge is 2.14. The normalized spacial score (nSPS) is 12.5. The van der Waals surface area contributed by atoms with Gasteiger partial charge in [-0.25, -0.2) is 9.50 Å². The van der Waals surface area contributed by atoms with Crippen LogP contribution in [0.5, 0.6) is 0 Å². The molecule has 3 aromatic heterocycles. The van der Waals surface area contributed by atoms with E-state index in [9.17, 15) is 4.79 Å². The Morgan fingerprint density at radius 3 is 2.73 bits per heavy atom. The monoisotopic (exact) mass is 355 g/mol. The fourth-order valence-corrected chi connectivity index (χ4v) is 3.28. The van der Waals surface area contributed by atoms with Gasteiger partial charge in [0, 0.05) is 30.0 Å². The highest BCUT2D eigenvalue weighted by Crippen LogP contribution is 2.15. The zero-order valence-corrected chi connectivity index (χ0v) is 15.9. The summed E-state index contributed by atoms with van der Waals surface area (Å²) in [7, 11) is 0. The van der Waals surface area contributed by atoms with E-state index >= 15 is 0 Å². The van der Waals surface area contributed by atoms with Gasteiger partial charge in [0.05, 0.1) is 11.7 Å². The second-order valence-electron chi connectivity index (χ2n) is 6.76. The lowest BCUT2D eigenvalue weighted by Gasteiger charge is -2.15. The SMILES string of the molecule is Cc1cc(C)n(C(C)CNC(=O)CCc2c(C)nc3ncnn3c2C)n1. The summed E-state index contributed by atoms with van der Waals surface area (Å²) in [5.74, 6) is 0.614. The maximum Gasteiger partial charge on any atom is 0.252 e. The van der Waals surface area contributed by atoms with Gasteiger partial charge < -0.3 is 5.32 Å². The molecule has 3 aromatic rings. The summed E-state index contributed by atoms with van der Waals surface area (Å²) >= 11 is 0. The van der Waals surface area contributed by atoms with E-state index in [2.05, 4.69) is 32.4 Å². The van der Waals surface area contributed by atoms with E-state index in [1.54, 1.807) is 4.52 Å². The van der Waals surface area contributed by atoms with E-state index in [-0.39, 0.29) is 11.9 Å². The van der Waals surface area contributed by atoms with Crippen molar-refractivity contribution in [3.8, 4) is 0 Å². The van der Waals surface area contributed by atoms with Crippen molar-refractivity contribution in [3.05, 3.63) is 40.7 Å².